The maximum absolute atomic E-state index is 6.38. The molecule has 1 saturated heterocycles. The molecule has 202 valence electrons. The molecule has 0 spiro atoms. The fraction of sp³-hybridized carbons (Fsp3) is 0.310. The molecule has 4 aromatic rings. The van der Waals surface area contributed by atoms with E-state index in [1.165, 1.54) is 17.5 Å². The molecule has 1 N–H and O–H groups in total. The summed E-state index contributed by atoms with van der Waals surface area (Å²) in [5.74, 6) is 3.02. The van der Waals surface area contributed by atoms with Crippen molar-refractivity contribution in [1.29, 1.82) is 0 Å². The van der Waals surface area contributed by atoms with Gasteiger partial charge in [-0.15, -0.1) is 0 Å². The van der Waals surface area contributed by atoms with Gasteiger partial charge < -0.3 is 23.7 Å². The molecule has 4 heterocycles. The number of nitrogens with one attached hydrogen (secondary N) is 1. The molecule has 10 heteroatoms. The smallest absolute Gasteiger partial charge is 0.263 e. The fourth-order valence-electron chi connectivity index (χ4n) is 3.97. The van der Waals surface area contributed by atoms with Gasteiger partial charge in [-0.25, -0.2) is 9.97 Å². The van der Waals surface area contributed by atoms with Gasteiger partial charge in [0.25, 0.3) is 5.88 Å². The van der Waals surface area contributed by atoms with Crippen LogP contribution in [0, 0.1) is 0 Å². The second-order valence-electron chi connectivity index (χ2n) is 9.25. The van der Waals surface area contributed by atoms with Crippen LogP contribution in [0.3, 0.4) is 0 Å². The van der Waals surface area contributed by atoms with Crippen LogP contribution in [0.1, 0.15) is 38.2 Å². The number of methoxy groups -OCH3 is 1. The SMILES string of the molecule is COc1ccccc1Oc1c(NSc2ccc(C(C)C)cn2)nc(-c2ccncc2)nc1OCC1CCCO1. The molecule has 0 radical (unpaired) electrons. The zero-order valence-corrected chi connectivity index (χ0v) is 23.0. The molecule has 1 fully saturated rings. The number of ether oxygens (including phenoxy) is 4. The molecule has 9 nitrogen and oxygen atoms in total. The summed E-state index contributed by atoms with van der Waals surface area (Å²) in [5.41, 5.74) is 1.97. The molecule has 1 aliphatic rings. The number of pyridine rings is 2. The third kappa shape index (κ3) is 6.76. The third-order valence-electron chi connectivity index (χ3n) is 6.16. The van der Waals surface area contributed by atoms with E-state index in [0.717, 1.165) is 30.0 Å². The topological polar surface area (TPSA) is 101 Å². The first-order valence-corrected chi connectivity index (χ1v) is 13.7. The largest absolute Gasteiger partial charge is 0.493 e. The van der Waals surface area contributed by atoms with Gasteiger partial charge in [-0.3, -0.25) is 4.98 Å². The highest BCUT2D eigenvalue weighted by Crippen LogP contribution is 2.42. The molecule has 1 unspecified atom stereocenters. The number of benzene rings is 1. The molecule has 0 bridgehead atoms. The highest BCUT2D eigenvalue weighted by molar-refractivity contribution is 8.00. The van der Waals surface area contributed by atoms with E-state index < -0.39 is 0 Å². The first-order chi connectivity index (χ1) is 19.1. The lowest BCUT2D eigenvalue weighted by molar-refractivity contribution is 0.0654. The number of nitrogens with zero attached hydrogens (tertiary/aromatic N) is 4. The van der Waals surface area contributed by atoms with Crippen molar-refractivity contribution in [2.24, 2.45) is 0 Å². The van der Waals surface area contributed by atoms with E-state index in [2.05, 4.69) is 34.6 Å². The Kier molecular flexibility index (Phi) is 8.75. The van der Waals surface area contributed by atoms with Crippen LogP contribution in [0.15, 0.2) is 72.1 Å². The molecule has 0 saturated carbocycles. The van der Waals surface area contributed by atoms with Crippen LogP contribution in [-0.4, -0.2) is 46.4 Å². The molecule has 39 heavy (non-hydrogen) atoms. The number of anilines is 1. The fourth-order valence-corrected chi connectivity index (χ4v) is 4.56. The van der Waals surface area contributed by atoms with Crippen LogP contribution < -0.4 is 18.9 Å². The van der Waals surface area contributed by atoms with Crippen molar-refractivity contribution in [2.45, 2.75) is 43.7 Å². The van der Waals surface area contributed by atoms with E-state index in [0.29, 0.717) is 47.3 Å². The van der Waals surface area contributed by atoms with E-state index >= 15 is 0 Å². The molecule has 3 aromatic heterocycles. The molecule has 5 rings (SSSR count). The predicted molar refractivity (Wildman–Crippen MR) is 151 cm³/mol. The Morgan fingerprint density at radius 1 is 1.05 bits per heavy atom. The van der Waals surface area contributed by atoms with Crippen molar-refractivity contribution in [2.75, 3.05) is 25.0 Å². The van der Waals surface area contributed by atoms with Crippen molar-refractivity contribution >= 4 is 17.8 Å². The van der Waals surface area contributed by atoms with Crippen LogP contribution in [0.25, 0.3) is 11.4 Å². The summed E-state index contributed by atoms with van der Waals surface area (Å²) in [6.07, 6.45) is 7.23. The van der Waals surface area contributed by atoms with Crippen LogP contribution in [-0.2, 0) is 4.74 Å². The normalized spacial score (nSPS) is 14.8. The summed E-state index contributed by atoms with van der Waals surface area (Å²) in [5, 5.41) is 0.786. The maximum atomic E-state index is 6.38. The summed E-state index contributed by atoms with van der Waals surface area (Å²) < 4.78 is 27.3. The quantitative estimate of drug-likeness (QED) is 0.209. The monoisotopic (exact) mass is 545 g/mol. The summed E-state index contributed by atoms with van der Waals surface area (Å²) in [6.45, 7) is 5.36. The average molecular weight is 546 g/mol. The highest BCUT2D eigenvalue weighted by atomic mass is 32.2. The van der Waals surface area contributed by atoms with Crippen molar-refractivity contribution in [3.63, 3.8) is 0 Å². The first kappa shape index (κ1) is 26.7. The van der Waals surface area contributed by atoms with Crippen LogP contribution in [0.4, 0.5) is 5.82 Å². The van der Waals surface area contributed by atoms with Gasteiger partial charge >= 0.3 is 0 Å². The number of para-hydroxylation sites is 2. The number of hydrogen-bond donors (Lipinski definition) is 1. The Labute approximate surface area is 232 Å². The van der Waals surface area contributed by atoms with Crippen molar-refractivity contribution in [1.82, 2.24) is 19.9 Å². The van der Waals surface area contributed by atoms with Gasteiger partial charge in [-0.05, 0) is 54.7 Å². The zero-order chi connectivity index (χ0) is 27.0. The lowest BCUT2D eigenvalue weighted by Gasteiger charge is -2.19. The molecule has 0 aliphatic carbocycles. The lowest BCUT2D eigenvalue weighted by Crippen LogP contribution is -2.17. The second-order valence-corrected chi connectivity index (χ2v) is 10.1. The van der Waals surface area contributed by atoms with Crippen LogP contribution in [0.5, 0.6) is 23.1 Å². The number of aromatic nitrogens is 4. The highest BCUT2D eigenvalue weighted by Gasteiger charge is 2.24. The van der Waals surface area contributed by atoms with E-state index in [-0.39, 0.29) is 6.10 Å². The first-order valence-electron chi connectivity index (χ1n) is 12.9. The van der Waals surface area contributed by atoms with Gasteiger partial charge in [0.05, 0.1) is 13.2 Å². The van der Waals surface area contributed by atoms with Crippen molar-refractivity contribution < 1.29 is 18.9 Å². The van der Waals surface area contributed by atoms with E-state index in [9.17, 15) is 0 Å². The molecule has 1 atom stereocenters. The minimum absolute atomic E-state index is 0.00194. The summed E-state index contributed by atoms with van der Waals surface area (Å²) in [4.78, 5) is 18.3. The van der Waals surface area contributed by atoms with Crippen molar-refractivity contribution in [3.8, 4) is 34.5 Å². The minimum atomic E-state index is -0.00194. The standard InChI is InChI=1S/C29H31N5O4S/c1-19(2)21-10-11-25(31-17-21)39-34-28-26(38-24-9-5-4-8-23(24)35-3)29(37-18-22-7-6-16-36-22)33-27(32-28)20-12-14-30-15-13-20/h4-5,8-15,17,19,22H,6-7,16,18H2,1-3H3,(H,32,33,34). The Morgan fingerprint density at radius 3 is 2.56 bits per heavy atom. The Hall–Kier alpha value is -3.89. The van der Waals surface area contributed by atoms with Gasteiger partial charge in [-0.2, -0.15) is 4.98 Å². The Balaban J connectivity index is 1.53. The minimum Gasteiger partial charge on any atom is -0.493 e. The predicted octanol–water partition coefficient (Wildman–Crippen LogP) is 6.53. The molecule has 1 aliphatic heterocycles. The van der Waals surface area contributed by atoms with Gasteiger partial charge in [-0.1, -0.05) is 32.0 Å². The average Bonchev–Trinajstić information content (AvgIpc) is 3.50. The van der Waals surface area contributed by atoms with Crippen molar-refractivity contribution in [3.05, 3.63) is 72.7 Å². The molecular formula is C29H31N5O4S. The maximum Gasteiger partial charge on any atom is 0.263 e. The third-order valence-corrected chi connectivity index (χ3v) is 6.91. The molecule has 1 aromatic carbocycles. The summed E-state index contributed by atoms with van der Waals surface area (Å²) in [6, 6.07) is 15.2. The lowest BCUT2D eigenvalue weighted by atomic mass is 10.1. The Morgan fingerprint density at radius 2 is 1.87 bits per heavy atom. The Bertz CT molecular complexity index is 1370. The molecular weight excluding hydrogens is 514 g/mol. The summed E-state index contributed by atoms with van der Waals surface area (Å²) in [7, 11) is 1.60. The van der Waals surface area contributed by atoms with Crippen LogP contribution >= 0.6 is 11.9 Å². The van der Waals surface area contributed by atoms with E-state index in [1.54, 1.807) is 19.5 Å². The zero-order valence-electron chi connectivity index (χ0n) is 22.2. The second kappa shape index (κ2) is 12.8. The van der Waals surface area contributed by atoms with E-state index in [1.807, 2.05) is 48.7 Å². The summed E-state index contributed by atoms with van der Waals surface area (Å²) >= 11 is 1.33. The van der Waals surface area contributed by atoms with Gasteiger partial charge in [0.1, 0.15) is 11.6 Å². The number of rotatable bonds is 11. The van der Waals surface area contributed by atoms with E-state index in [4.69, 9.17) is 28.9 Å². The van der Waals surface area contributed by atoms with Gasteiger partial charge in [0.2, 0.25) is 5.75 Å². The molecule has 0 amide bonds. The van der Waals surface area contributed by atoms with Gasteiger partial charge in [0.15, 0.2) is 23.1 Å². The number of hydrogen-bond acceptors (Lipinski definition) is 10. The van der Waals surface area contributed by atoms with Crippen LogP contribution in [0.2, 0.25) is 0 Å². The van der Waals surface area contributed by atoms with Gasteiger partial charge in [0, 0.05) is 42.7 Å².